The number of anilines is 1. The number of aryl methyl sites for hydroxylation is 1. The molecule has 4 nitrogen and oxygen atoms in total. The molecule has 0 spiro atoms. The summed E-state index contributed by atoms with van der Waals surface area (Å²) < 4.78 is 0. The van der Waals surface area contributed by atoms with E-state index in [1.807, 2.05) is 24.3 Å². The fraction of sp³-hybridized carbons (Fsp3) is 0.125. The lowest BCUT2D eigenvalue weighted by atomic mass is 10.1. The summed E-state index contributed by atoms with van der Waals surface area (Å²) in [6, 6.07) is 16.2. The molecule has 0 aliphatic carbocycles. The molecule has 0 radical (unpaired) electrons. The fourth-order valence-corrected chi connectivity index (χ4v) is 2.01. The van der Waals surface area contributed by atoms with Crippen molar-refractivity contribution in [2.45, 2.75) is 13.3 Å². The van der Waals surface area contributed by atoms with Crippen molar-refractivity contribution in [2.75, 3.05) is 5.43 Å². The Morgan fingerprint density at radius 1 is 1.15 bits per heavy atom. The van der Waals surface area contributed by atoms with Crippen molar-refractivity contribution < 1.29 is 0 Å². The van der Waals surface area contributed by atoms with E-state index in [9.17, 15) is 0 Å². The maximum atomic E-state index is 4.39. The van der Waals surface area contributed by atoms with Crippen LogP contribution in [0.5, 0.6) is 0 Å². The fourth-order valence-electron chi connectivity index (χ4n) is 2.01. The Balaban J connectivity index is 1.69. The second-order valence-corrected chi connectivity index (χ2v) is 4.57. The van der Waals surface area contributed by atoms with Gasteiger partial charge in [0.25, 0.3) is 0 Å². The van der Waals surface area contributed by atoms with Crippen LogP contribution in [0.4, 0.5) is 5.95 Å². The van der Waals surface area contributed by atoms with Crippen molar-refractivity contribution in [3.05, 3.63) is 59.7 Å². The molecule has 4 heteroatoms. The molecule has 0 amide bonds. The highest BCUT2D eigenvalue weighted by Gasteiger charge is 1.99. The lowest BCUT2D eigenvalue weighted by Crippen LogP contribution is -1.92. The van der Waals surface area contributed by atoms with Gasteiger partial charge in [-0.2, -0.15) is 5.10 Å². The number of aromatic nitrogens is 2. The number of imidazole rings is 1. The van der Waals surface area contributed by atoms with E-state index in [1.165, 1.54) is 5.56 Å². The van der Waals surface area contributed by atoms with E-state index >= 15 is 0 Å². The van der Waals surface area contributed by atoms with Crippen LogP contribution in [0.1, 0.15) is 18.1 Å². The molecule has 2 N–H and O–H groups in total. The highest BCUT2D eigenvalue weighted by Crippen LogP contribution is 2.13. The summed E-state index contributed by atoms with van der Waals surface area (Å²) in [6.07, 6.45) is 2.83. The van der Waals surface area contributed by atoms with Crippen LogP contribution in [0.15, 0.2) is 53.6 Å². The summed E-state index contributed by atoms with van der Waals surface area (Å²) in [5.74, 6) is 0.646. The number of aromatic amines is 1. The van der Waals surface area contributed by atoms with Crippen molar-refractivity contribution in [2.24, 2.45) is 5.10 Å². The minimum absolute atomic E-state index is 0.646. The third kappa shape index (κ3) is 2.69. The molecule has 3 aromatic rings. The van der Waals surface area contributed by atoms with Gasteiger partial charge in [-0.3, -0.25) is 0 Å². The first kappa shape index (κ1) is 12.4. The van der Waals surface area contributed by atoms with Crippen molar-refractivity contribution in [3.63, 3.8) is 0 Å². The standard InChI is InChI=1S/C16H16N4/c1-2-12-7-9-13(10-8-12)11-17-20-16-18-14-5-3-4-6-15(14)19-16/h3-11H,2H2,1H3,(H2,18,19,20)/b17-11+. The molecule has 0 atom stereocenters. The topological polar surface area (TPSA) is 53.1 Å². The van der Waals surface area contributed by atoms with Crippen molar-refractivity contribution in [1.29, 1.82) is 0 Å². The van der Waals surface area contributed by atoms with Crippen LogP contribution >= 0.6 is 0 Å². The van der Waals surface area contributed by atoms with Gasteiger partial charge in [0.2, 0.25) is 5.95 Å². The number of nitrogens with zero attached hydrogens (tertiary/aromatic N) is 2. The lowest BCUT2D eigenvalue weighted by molar-refractivity contribution is 1.14. The average molecular weight is 264 g/mol. The Morgan fingerprint density at radius 3 is 2.70 bits per heavy atom. The van der Waals surface area contributed by atoms with Gasteiger partial charge in [0.15, 0.2) is 0 Å². The van der Waals surface area contributed by atoms with E-state index in [-0.39, 0.29) is 0 Å². The highest BCUT2D eigenvalue weighted by atomic mass is 15.3. The number of rotatable bonds is 4. The van der Waals surface area contributed by atoms with Gasteiger partial charge in [0.05, 0.1) is 17.2 Å². The highest BCUT2D eigenvalue weighted by molar-refractivity contribution is 5.81. The van der Waals surface area contributed by atoms with Gasteiger partial charge in [-0.05, 0) is 29.7 Å². The largest absolute Gasteiger partial charge is 0.323 e. The van der Waals surface area contributed by atoms with Gasteiger partial charge in [0.1, 0.15) is 0 Å². The Labute approximate surface area is 117 Å². The van der Waals surface area contributed by atoms with Gasteiger partial charge in [-0.25, -0.2) is 10.4 Å². The van der Waals surface area contributed by atoms with Gasteiger partial charge < -0.3 is 4.98 Å². The molecule has 1 aromatic heterocycles. The number of H-pyrrole nitrogens is 1. The van der Waals surface area contributed by atoms with E-state index < -0.39 is 0 Å². The Kier molecular flexibility index (Phi) is 3.46. The molecule has 0 aliphatic heterocycles. The normalized spacial score (nSPS) is 11.2. The molecule has 1 heterocycles. The summed E-state index contributed by atoms with van der Waals surface area (Å²) in [5.41, 5.74) is 7.23. The zero-order valence-corrected chi connectivity index (χ0v) is 11.3. The molecular weight excluding hydrogens is 248 g/mol. The predicted molar refractivity (Wildman–Crippen MR) is 83.1 cm³/mol. The molecular formula is C16H16N4. The van der Waals surface area contributed by atoms with Crippen LogP contribution in [0.3, 0.4) is 0 Å². The number of nitrogens with one attached hydrogen (secondary N) is 2. The second-order valence-electron chi connectivity index (χ2n) is 4.57. The summed E-state index contributed by atoms with van der Waals surface area (Å²) >= 11 is 0. The van der Waals surface area contributed by atoms with E-state index in [4.69, 9.17) is 0 Å². The van der Waals surface area contributed by atoms with E-state index in [1.54, 1.807) is 6.21 Å². The third-order valence-electron chi connectivity index (χ3n) is 3.16. The smallest absolute Gasteiger partial charge is 0.222 e. The van der Waals surface area contributed by atoms with Crippen LogP contribution in [-0.2, 0) is 6.42 Å². The molecule has 0 saturated carbocycles. The maximum Gasteiger partial charge on any atom is 0.222 e. The first-order valence-electron chi connectivity index (χ1n) is 6.68. The average Bonchev–Trinajstić information content (AvgIpc) is 2.90. The van der Waals surface area contributed by atoms with Crippen LogP contribution in [0.2, 0.25) is 0 Å². The molecule has 100 valence electrons. The number of hydrogen-bond acceptors (Lipinski definition) is 3. The molecule has 0 unspecified atom stereocenters. The van der Waals surface area contributed by atoms with E-state index in [0.29, 0.717) is 5.95 Å². The van der Waals surface area contributed by atoms with Gasteiger partial charge >= 0.3 is 0 Å². The van der Waals surface area contributed by atoms with Gasteiger partial charge in [-0.15, -0.1) is 0 Å². The number of para-hydroxylation sites is 2. The first-order chi connectivity index (χ1) is 9.85. The number of hydrogen-bond donors (Lipinski definition) is 2. The van der Waals surface area contributed by atoms with Crippen molar-refractivity contribution in [3.8, 4) is 0 Å². The van der Waals surface area contributed by atoms with E-state index in [2.05, 4.69) is 51.7 Å². The maximum absolute atomic E-state index is 4.39. The van der Waals surface area contributed by atoms with Crippen LogP contribution < -0.4 is 5.43 Å². The number of hydrazone groups is 1. The number of benzene rings is 2. The van der Waals surface area contributed by atoms with Crippen molar-refractivity contribution in [1.82, 2.24) is 9.97 Å². The quantitative estimate of drug-likeness (QED) is 0.559. The third-order valence-corrected chi connectivity index (χ3v) is 3.16. The Hall–Kier alpha value is -2.62. The molecule has 20 heavy (non-hydrogen) atoms. The molecule has 0 fully saturated rings. The Morgan fingerprint density at radius 2 is 1.95 bits per heavy atom. The summed E-state index contributed by atoms with van der Waals surface area (Å²) in [6.45, 7) is 2.15. The van der Waals surface area contributed by atoms with Crippen LogP contribution in [0.25, 0.3) is 11.0 Å². The Bertz CT molecular complexity index is 693. The molecule has 2 aromatic carbocycles. The summed E-state index contributed by atoms with van der Waals surface area (Å²) in [4.78, 5) is 7.55. The zero-order valence-electron chi connectivity index (χ0n) is 11.3. The van der Waals surface area contributed by atoms with Crippen molar-refractivity contribution >= 4 is 23.2 Å². The minimum Gasteiger partial charge on any atom is -0.323 e. The molecule has 0 aliphatic rings. The second kappa shape index (κ2) is 5.57. The molecule has 0 bridgehead atoms. The summed E-state index contributed by atoms with van der Waals surface area (Å²) in [7, 11) is 0. The molecule has 0 saturated heterocycles. The first-order valence-corrected chi connectivity index (χ1v) is 6.68. The predicted octanol–water partition coefficient (Wildman–Crippen LogP) is 3.57. The number of fused-ring (bicyclic) bond motifs is 1. The monoisotopic (exact) mass is 264 g/mol. The van der Waals surface area contributed by atoms with Crippen LogP contribution in [-0.4, -0.2) is 16.2 Å². The summed E-state index contributed by atoms with van der Waals surface area (Å²) in [5, 5.41) is 4.19. The lowest BCUT2D eigenvalue weighted by Gasteiger charge is -1.97. The van der Waals surface area contributed by atoms with E-state index in [0.717, 1.165) is 23.0 Å². The molecule has 3 rings (SSSR count). The van der Waals surface area contributed by atoms with Gasteiger partial charge in [0, 0.05) is 0 Å². The SMILES string of the molecule is CCc1ccc(/C=N/Nc2nc3ccccc3[nH]2)cc1. The minimum atomic E-state index is 0.646. The zero-order chi connectivity index (χ0) is 13.8. The van der Waals surface area contributed by atoms with Gasteiger partial charge in [-0.1, -0.05) is 43.3 Å². The van der Waals surface area contributed by atoms with Crippen LogP contribution in [0, 0.1) is 0 Å².